The number of nitrogens with one attached hydrogen (secondary N) is 1. The van der Waals surface area contributed by atoms with Gasteiger partial charge in [-0.25, -0.2) is 26.3 Å². The molecule has 0 aromatic heterocycles. The fourth-order valence-electron chi connectivity index (χ4n) is 3.94. The Morgan fingerprint density at radius 3 is 1.97 bits per heavy atom. The molecule has 0 fully saturated rings. The summed E-state index contributed by atoms with van der Waals surface area (Å²) in [6.07, 6.45) is 0. The molecular weight excluding hydrogens is 404 g/mol. The number of nitrogens with zero attached hydrogens (tertiary/aromatic N) is 1. The molecule has 10 nitrogen and oxygen atoms in total. The number of rotatable bonds is 3. The zero-order valence-corrected chi connectivity index (χ0v) is 15.9. The maximum Gasteiger partial charge on any atom is 0.347 e. The highest BCUT2D eigenvalue weighted by Crippen LogP contribution is 2.54. The number of carbonyl (C=O) groups is 2. The number of phenols is 2. The van der Waals surface area contributed by atoms with Gasteiger partial charge in [-0.2, -0.15) is 0 Å². The number of aromatic hydroxyl groups is 2. The molecule has 0 saturated carbocycles. The van der Waals surface area contributed by atoms with Crippen LogP contribution in [0.3, 0.4) is 0 Å². The summed E-state index contributed by atoms with van der Waals surface area (Å²) in [6.45, 7) is 0. The van der Waals surface area contributed by atoms with Gasteiger partial charge in [0, 0.05) is 28.8 Å². The van der Waals surface area contributed by atoms with Crippen molar-refractivity contribution in [2.45, 2.75) is 5.54 Å². The van der Waals surface area contributed by atoms with Crippen LogP contribution in [-0.4, -0.2) is 32.3 Å². The van der Waals surface area contributed by atoms with Crippen molar-refractivity contribution in [1.29, 1.82) is 0 Å². The van der Waals surface area contributed by atoms with Crippen LogP contribution in [0, 0.1) is 0 Å². The number of ether oxygens (including phenoxy) is 1. The second kappa shape index (κ2) is 7.20. The number of nitrogens with two attached hydrogens (primary N) is 2. The first-order valence-electron chi connectivity index (χ1n) is 9.03. The molecule has 2 amide bonds. The molecule has 158 valence electrons. The summed E-state index contributed by atoms with van der Waals surface area (Å²) in [5.74, 6) is 10.4. The largest absolute Gasteiger partial charge is 0.508 e. The Kier molecular flexibility index (Phi) is 4.65. The topological polar surface area (TPSA) is 171 Å². The number of hydrogen-bond donors (Lipinski definition) is 6. The van der Waals surface area contributed by atoms with Crippen LogP contribution in [0.25, 0.3) is 0 Å². The molecule has 31 heavy (non-hydrogen) atoms. The van der Waals surface area contributed by atoms with E-state index in [1.165, 1.54) is 48.5 Å². The Hall–Kier alpha value is -4.28. The Balaban J connectivity index is 2.21. The summed E-state index contributed by atoms with van der Waals surface area (Å²) in [5.41, 5.74) is 0.819. The minimum absolute atomic E-state index is 0.110. The smallest absolute Gasteiger partial charge is 0.347 e. The van der Waals surface area contributed by atoms with Gasteiger partial charge in [0.2, 0.25) is 0 Å². The molecule has 1 aliphatic rings. The van der Waals surface area contributed by atoms with E-state index in [1.807, 2.05) is 5.43 Å². The zero-order chi connectivity index (χ0) is 22.3. The SMILES string of the molecule is NNC(=O)N(N)C1(c2ccccc2C(=O)O)c2ccc(O)cc2Oc2cc(O)ccc21. The minimum Gasteiger partial charge on any atom is -0.508 e. The van der Waals surface area contributed by atoms with Gasteiger partial charge in [0.15, 0.2) is 0 Å². The zero-order valence-electron chi connectivity index (χ0n) is 15.9. The van der Waals surface area contributed by atoms with Gasteiger partial charge in [-0.05, 0) is 30.3 Å². The maximum atomic E-state index is 12.7. The second-order valence-electron chi connectivity index (χ2n) is 6.84. The first-order valence-corrected chi connectivity index (χ1v) is 9.03. The first kappa shape index (κ1) is 20.0. The van der Waals surface area contributed by atoms with E-state index in [1.54, 1.807) is 12.1 Å². The van der Waals surface area contributed by atoms with E-state index in [2.05, 4.69) is 0 Å². The van der Waals surface area contributed by atoms with Gasteiger partial charge in [0.1, 0.15) is 28.5 Å². The number of carbonyl (C=O) groups excluding carboxylic acids is 1. The van der Waals surface area contributed by atoms with E-state index in [0.717, 1.165) is 5.01 Å². The number of fused-ring (bicyclic) bond motifs is 2. The van der Waals surface area contributed by atoms with Gasteiger partial charge >= 0.3 is 12.0 Å². The molecular formula is C21H18N4O6. The molecule has 0 radical (unpaired) electrons. The third-order valence-corrected chi connectivity index (χ3v) is 5.18. The second-order valence-corrected chi connectivity index (χ2v) is 6.84. The summed E-state index contributed by atoms with van der Waals surface area (Å²) >= 11 is 0. The highest BCUT2D eigenvalue weighted by Gasteiger charge is 2.51. The molecule has 4 rings (SSSR count). The average Bonchev–Trinajstić information content (AvgIpc) is 2.76. The number of carboxylic acid groups (broad SMARTS) is 1. The van der Waals surface area contributed by atoms with Gasteiger partial charge in [-0.15, -0.1) is 0 Å². The van der Waals surface area contributed by atoms with Crippen LogP contribution in [0.1, 0.15) is 27.0 Å². The fraction of sp³-hybridized carbons (Fsp3) is 0.0476. The molecule has 10 heteroatoms. The Morgan fingerprint density at radius 1 is 0.903 bits per heavy atom. The molecule has 1 aliphatic heterocycles. The van der Waals surface area contributed by atoms with E-state index in [0.29, 0.717) is 0 Å². The quantitative estimate of drug-likeness (QED) is 0.211. The van der Waals surface area contributed by atoms with Crippen molar-refractivity contribution in [1.82, 2.24) is 10.4 Å². The van der Waals surface area contributed by atoms with E-state index in [9.17, 15) is 24.9 Å². The van der Waals surface area contributed by atoms with Gasteiger partial charge < -0.3 is 20.1 Å². The van der Waals surface area contributed by atoms with E-state index in [-0.39, 0.29) is 45.3 Å². The van der Waals surface area contributed by atoms with Gasteiger partial charge in [-0.3, -0.25) is 5.43 Å². The van der Waals surface area contributed by atoms with Gasteiger partial charge in [0.05, 0.1) is 5.56 Å². The molecule has 3 aromatic rings. The molecule has 3 aromatic carbocycles. The molecule has 8 N–H and O–H groups in total. The number of hydrogen-bond acceptors (Lipinski definition) is 7. The predicted molar refractivity (Wildman–Crippen MR) is 108 cm³/mol. The lowest BCUT2D eigenvalue weighted by atomic mass is 9.72. The van der Waals surface area contributed by atoms with E-state index < -0.39 is 17.5 Å². The number of aromatic carboxylic acids is 1. The van der Waals surface area contributed by atoms with Crippen LogP contribution in [0.15, 0.2) is 60.7 Å². The van der Waals surface area contributed by atoms with Crippen molar-refractivity contribution in [2.75, 3.05) is 0 Å². The molecule has 0 atom stereocenters. The lowest BCUT2D eigenvalue weighted by molar-refractivity contribution is 0.0689. The van der Waals surface area contributed by atoms with Crippen molar-refractivity contribution in [3.8, 4) is 23.0 Å². The lowest BCUT2D eigenvalue weighted by Gasteiger charge is -2.46. The maximum absolute atomic E-state index is 12.7. The van der Waals surface area contributed by atoms with Crippen molar-refractivity contribution >= 4 is 12.0 Å². The number of benzene rings is 3. The number of amides is 2. The van der Waals surface area contributed by atoms with Crippen molar-refractivity contribution in [3.05, 3.63) is 82.9 Å². The van der Waals surface area contributed by atoms with Crippen LogP contribution in [0.5, 0.6) is 23.0 Å². The number of urea groups is 1. The predicted octanol–water partition coefficient (Wildman–Crippen LogP) is 1.95. The minimum atomic E-state index is -1.73. The van der Waals surface area contributed by atoms with Crippen LogP contribution in [-0.2, 0) is 5.54 Å². The van der Waals surface area contributed by atoms with Gasteiger partial charge in [0.25, 0.3) is 0 Å². The normalized spacial score (nSPS) is 13.4. The van der Waals surface area contributed by atoms with Gasteiger partial charge in [-0.1, -0.05) is 18.2 Å². The van der Waals surface area contributed by atoms with Crippen LogP contribution >= 0.6 is 0 Å². The molecule has 0 aliphatic carbocycles. The highest BCUT2D eigenvalue weighted by molar-refractivity contribution is 5.91. The number of phenolic OH excluding ortho intramolecular Hbond substituents is 2. The van der Waals surface area contributed by atoms with Crippen LogP contribution < -0.4 is 21.8 Å². The number of carboxylic acids is 1. The summed E-state index contributed by atoms with van der Waals surface area (Å²) in [7, 11) is 0. The fourth-order valence-corrected chi connectivity index (χ4v) is 3.94. The summed E-state index contributed by atoms with van der Waals surface area (Å²) < 4.78 is 5.87. The van der Waals surface area contributed by atoms with Crippen molar-refractivity contribution in [2.24, 2.45) is 11.7 Å². The monoisotopic (exact) mass is 422 g/mol. The number of hydrazine groups is 2. The molecule has 0 bridgehead atoms. The van der Waals surface area contributed by atoms with Crippen molar-refractivity contribution < 1.29 is 29.6 Å². The Bertz CT molecular complexity index is 1160. The molecule has 0 unspecified atom stereocenters. The summed E-state index contributed by atoms with van der Waals surface area (Å²) in [4.78, 5) is 24.8. The first-order chi connectivity index (χ1) is 14.8. The standard InChI is InChI=1S/C21H18N4O6/c22-24-20(30)25(23)21(14-4-2-1-3-13(14)19(28)29)15-7-5-11(26)9-17(15)31-18-10-12(27)6-8-16(18)21/h1-10,26-27H,22-23H2,(H,24,30)(H,28,29). The molecule has 0 saturated heterocycles. The Morgan fingerprint density at radius 2 is 1.45 bits per heavy atom. The highest BCUT2D eigenvalue weighted by atomic mass is 16.5. The van der Waals surface area contributed by atoms with Crippen molar-refractivity contribution in [3.63, 3.8) is 0 Å². The van der Waals surface area contributed by atoms with Crippen LogP contribution in [0.4, 0.5) is 4.79 Å². The molecule has 1 heterocycles. The van der Waals surface area contributed by atoms with E-state index >= 15 is 0 Å². The van der Waals surface area contributed by atoms with E-state index in [4.69, 9.17) is 16.4 Å². The average molecular weight is 422 g/mol. The third kappa shape index (κ3) is 2.89. The molecule has 0 spiro atoms. The third-order valence-electron chi connectivity index (χ3n) is 5.18. The summed E-state index contributed by atoms with van der Waals surface area (Å²) in [6, 6.07) is 13.4. The lowest BCUT2D eigenvalue weighted by Crippen LogP contribution is -2.60. The summed E-state index contributed by atoms with van der Waals surface area (Å²) in [5, 5.41) is 30.6. The van der Waals surface area contributed by atoms with Crippen LogP contribution in [0.2, 0.25) is 0 Å². The Labute approximate surface area is 175 Å².